The van der Waals surface area contributed by atoms with Crippen LogP contribution in [0, 0.1) is 0 Å². The molecule has 0 bridgehead atoms. The van der Waals surface area contributed by atoms with Gasteiger partial charge >= 0.3 is 12.0 Å². The lowest BCUT2D eigenvalue weighted by atomic mass is 10.3. The molecular weight excluding hydrogens is 284 g/mol. The van der Waals surface area contributed by atoms with Gasteiger partial charge in [-0.25, -0.2) is 13.2 Å². The molecule has 2 amide bonds. The second-order valence-electron chi connectivity index (χ2n) is 3.91. The van der Waals surface area contributed by atoms with Gasteiger partial charge in [0, 0.05) is 11.9 Å². The number of hydrogen-bond donors (Lipinski definition) is 2. The Kier molecular flexibility index (Phi) is 5.51. The molecule has 7 nitrogen and oxygen atoms in total. The smallest absolute Gasteiger partial charge is 0.325 e. The first kappa shape index (κ1) is 16.0. The summed E-state index contributed by atoms with van der Waals surface area (Å²) in [6.07, 6.45) is 1.10. The van der Waals surface area contributed by atoms with Crippen molar-refractivity contribution in [3.63, 3.8) is 0 Å². The van der Waals surface area contributed by atoms with Gasteiger partial charge < -0.3 is 15.4 Å². The van der Waals surface area contributed by atoms with Crippen LogP contribution < -0.4 is 10.6 Å². The maximum atomic E-state index is 11.5. The number of carbonyl (C=O) groups excluding carboxylic acids is 2. The molecule has 8 heteroatoms. The quantitative estimate of drug-likeness (QED) is 0.782. The Bertz CT molecular complexity index is 580. The predicted octanol–water partition coefficient (Wildman–Crippen LogP) is 0.775. The second kappa shape index (κ2) is 6.90. The Labute approximate surface area is 117 Å². The lowest BCUT2D eigenvalue weighted by molar-refractivity contribution is -0.141. The highest BCUT2D eigenvalue weighted by molar-refractivity contribution is 7.90. The van der Waals surface area contributed by atoms with Crippen LogP contribution in [0.2, 0.25) is 0 Å². The summed E-state index contributed by atoms with van der Waals surface area (Å²) in [5.74, 6) is -0.532. The molecule has 0 saturated carbocycles. The molecule has 0 unspecified atom stereocenters. The van der Waals surface area contributed by atoms with E-state index in [4.69, 9.17) is 0 Å². The number of rotatable bonds is 5. The van der Waals surface area contributed by atoms with Crippen molar-refractivity contribution in [2.45, 2.75) is 11.8 Å². The molecule has 0 aliphatic heterocycles. The van der Waals surface area contributed by atoms with Crippen LogP contribution in [0.1, 0.15) is 6.92 Å². The van der Waals surface area contributed by atoms with Crippen molar-refractivity contribution in [3.8, 4) is 0 Å². The summed E-state index contributed by atoms with van der Waals surface area (Å²) in [5.41, 5.74) is 0.416. The third-order valence-electron chi connectivity index (χ3n) is 2.24. The summed E-state index contributed by atoms with van der Waals surface area (Å²) in [6.45, 7) is 1.68. The minimum Gasteiger partial charge on any atom is -0.465 e. The van der Waals surface area contributed by atoms with Crippen LogP contribution in [0.25, 0.3) is 0 Å². The fourth-order valence-corrected chi connectivity index (χ4v) is 1.96. The number of nitrogens with one attached hydrogen (secondary N) is 2. The monoisotopic (exact) mass is 300 g/mol. The minimum absolute atomic E-state index is 0.162. The minimum atomic E-state index is -3.27. The van der Waals surface area contributed by atoms with E-state index in [1.807, 2.05) is 0 Å². The van der Waals surface area contributed by atoms with Crippen LogP contribution in [0.15, 0.2) is 29.2 Å². The summed E-state index contributed by atoms with van der Waals surface area (Å²) in [4.78, 5) is 22.6. The molecule has 110 valence electrons. The maximum Gasteiger partial charge on any atom is 0.325 e. The first-order valence-corrected chi connectivity index (χ1v) is 7.72. The normalized spacial score (nSPS) is 10.7. The molecule has 0 aromatic heterocycles. The van der Waals surface area contributed by atoms with E-state index >= 15 is 0 Å². The highest BCUT2D eigenvalue weighted by Gasteiger charge is 2.08. The SMILES string of the molecule is CCOC(=O)CNC(=O)Nc1ccc(S(C)(=O)=O)cc1. The van der Waals surface area contributed by atoms with Gasteiger partial charge in [0.2, 0.25) is 0 Å². The van der Waals surface area contributed by atoms with Crippen LogP contribution in [-0.4, -0.2) is 39.8 Å². The van der Waals surface area contributed by atoms with E-state index in [0.29, 0.717) is 5.69 Å². The average Bonchev–Trinajstić information content (AvgIpc) is 2.36. The van der Waals surface area contributed by atoms with Crippen molar-refractivity contribution in [2.75, 3.05) is 24.7 Å². The molecule has 0 heterocycles. The van der Waals surface area contributed by atoms with Crippen LogP contribution in [-0.2, 0) is 19.4 Å². The number of hydrogen-bond acceptors (Lipinski definition) is 5. The van der Waals surface area contributed by atoms with Crippen LogP contribution in [0.3, 0.4) is 0 Å². The van der Waals surface area contributed by atoms with Crippen LogP contribution in [0.5, 0.6) is 0 Å². The van der Waals surface area contributed by atoms with Crippen molar-refractivity contribution < 1.29 is 22.7 Å². The summed E-state index contributed by atoms with van der Waals surface area (Å²) in [7, 11) is -3.27. The Morgan fingerprint density at radius 2 is 1.80 bits per heavy atom. The van der Waals surface area contributed by atoms with Crippen molar-refractivity contribution in [1.82, 2.24) is 5.32 Å². The van der Waals surface area contributed by atoms with E-state index in [2.05, 4.69) is 15.4 Å². The number of urea groups is 1. The average molecular weight is 300 g/mol. The molecular formula is C12H16N2O5S. The number of carbonyl (C=O) groups is 2. The van der Waals surface area contributed by atoms with Crippen molar-refractivity contribution in [1.29, 1.82) is 0 Å². The molecule has 2 N–H and O–H groups in total. The lowest BCUT2D eigenvalue weighted by Gasteiger charge is -2.07. The van der Waals surface area contributed by atoms with Crippen molar-refractivity contribution in [3.05, 3.63) is 24.3 Å². The van der Waals surface area contributed by atoms with Gasteiger partial charge in [-0.2, -0.15) is 0 Å². The number of benzene rings is 1. The van der Waals surface area contributed by atoms with Gasteiger partial charge in [0.1, 0.15) is 6.54 Å². The highest BCUT2D eigenvalue weighted by atomic mass is 32.2. The van der Waals surface area contributed by atoms with E-state index in [0.717, 1.165) is 6.26 Å². The van der Waals surface area contributed by atoms with E-state index in [-0.39, 0.29) is 18.0 Å². The van der Waals surface area contributed by atoms with Gasteiger partial charge in [0.25, 0.3) is 0 Å². The Morgan fingerprint density at radius 3 is 2.30 bits per heavy atom. The van der Waals surface area contributed by atoms with Crippen molar-refractivity contribution in [2.24, 2.45) is 0 Å². The number of esters is 1. The molecule has 0 aliphatic carbocycles. The third kappa shape index (κ3) is 5.27. The second-order valence-corrected chi connectivity index (χ2v) is 5.92. The number of amides is 2. The first-order chi connectivity index (χ1) is 9.32. The molecule has 20 heavy (non-hydrogen) atoms. The van der Waals surface area contributed by atoms with Crippen molar-refractivity contribution >= 4 is 27.5 Å². The molecule has 0 saturated heterocycles. The zero-order valence-corrected chi connectivity index (χ0v) is 12.0. The van der Waals surface area contributed by atoms with Gasteiger partial charge in [0.05, 0.1) is 11.5 Å². The van der Waals surface area contributed by atoms with Gasteiger partial charge in [-0.05, 0) is 31.2 Å². The van der Waals surface area contributed by atoms with Crippen LogP contribution in [0.4, 0.5) is 10.5 Å². The fraction of sp³-hybridized carbons (Fsp3) is 0.333. The fourth-order valence-electron chi connectivity index (χ4n) is 1.33. The molecule has 0 spiro atoms. The van der Waals surface area contributed by atoms with E-state index in [1.165, 1.54) is 24.3 Å². The molecule has 0 aliphatic rings. The largest absolute Gasteiger partial charge is 0.465 e. The molecule has 0 radical (unpaired) electrons. The summed E-state index contributed by atoms with van der Waals surface area (Å²) in [5, 5.41) is 4.78. The number of ether oxygens (including phenoxy) is 1. The molecule has 0 atom stereocenters. The number of anilines is 1. The lowest BCUT2D eigenvalue weighted by Crippen LogP contribution is -2.34. The van der Waals surface area contributed by atoms with E-state index < -0.39 is 21.8 Å². The predicted molar refractivity (Wildman–Crippen MR) is 73.2 cm³/mol. The zero-order valence-electron chi connectivity index (χ0n) is 11.2. The molecule has 1 aromatic carbocycles. The first-order valence-electron chi connectivity index (χ1n) is 5.83. The zero-order chi connectivity index (χ0) is 15.2. The summed E-state index contributed by atoms with van der Waals surface area (Å²) in [6, 6.07) is 5.11. The molecule has 0 fully saturated rings. The Morgan fingerprint density at radius 1 is 1.20 bits per heavy atom. The van der Waals surface area contributed by atoms with Gasteiger partial charge in [-0.15, -0.1) is 0 Å². The van der Waals surface area contributed by atoms with E-state index in [1.54, 1.807) is 6.92 Å². The molecule has 1 aromatic rings. The Hall–Kier alpha value is -2.09. The van der Waals surface area contributed by atoms with Gasteiger partial charge in [-0.1, -0.05) is 0 Å². The standard InChI is InChI=1S/C12H16N2O5S/c1-3-19-11(15)8-13-12(16)14-9-4-6-10(7-5-9)20(2,17)18/h4-7H,3,8H2,1-2H3,(H2,13,14,16). The number of sulfone groups is 1. The maximum absolute atomic E-state index is 11.5. The summed E-state index contributed by atoms with van der Waals surface area (Å²) < 4.78 is 27.2. The Balaban J connectivity index is 2.53. The van der Waals surface area contributed by atoms with E-state index in [9.17, 15) is 18.0 Å². The topological polar surface area (TPSA) is 102 Å². The van der Waals surface area contributed by atoms with Crippen LogP contribution >= 0.6 is 0 Å². The molecule has 1 rings (SSSR count). The van der Waals surface area contributed by atoms with Gasteiger partial charge in [-0.3, -0.25) is 4.79 Å². The summed E-state index contributed by atoms with van der Waals surface area (Å²) >= 11 is 0. The van der Waals surface area contributed by atoms with Gasteiger partial charge in [0.15, 0.2) is 9.84 Å². The highest BCUT2D eigenvalue weighted by Crippen LogP contribution is 2.13. The third-order valence-corrected chi connectivity index (χ3v) is 3.37.